The number of sulfone groups is 1. The summed E-state index contributed by atoms with van der Waals surface area (Å²) in [5, 5.41) is 15.4. The summed E-state index contributed by atoms with van der Waals surface area (Å²) in [5.74, 6) is 1.76. The maximum Gasteiger partial charge on any atom is 0.175 e. The molecule has 1 aromatic heterocycles. The van der Waals surface area contributed by atoms with Crippen LogP contribution in [0.3, 0.4) is 0 Å². The lowest BCUT2D eigenvalue weighted by molar-refractivity contribution is 0.338. The molecule has 7 nitrogen and oxygen atoms in total. The van der Waals surface area contributed by atoms with Crippen molar-refractivity contribution >= 4 is 9.84 Å². The molecular weight excluding hydrogens is 278 g/mol. The van der Waals surface area contributed by atoms with Gasteiger partial charge in [-0.3, -0.25) is 0 Å². The van der Waals surface area contributed by atoms with Gasteiger partial charge in [0, 0.05) is 6.42 Å². The molecular formula is C12H23N5O2S. The van der Waals surface area contributed by atoms with Crippen molar-refractivity contribution in [1.29, 1.82) is 0 Å². The fourth-order valence-electron chi connectivity index (χ4n) is 2.70. The predicted molar refractivity (Wildman–Crippen MR) is 75.9 cm³/mol. The van der Waals surface area contributed by atoms with Gasteiger partial charge in [0.1, 0.15) is 0 Å². The first kappa shape index (κ1) is 15.4. The standard InChI is InChI=1S/C12H23N5O2S/c1-3-5-13-8-11(7-12-14-16-17(2)15-12)10-4-6-20(18,19)9-10/h10-11,13H,3-9H2,1-2H3. The molecule has 1 aliphatic heterocycles. The summed E-state index contributed by atoms with van der Waals surface area (Å²) in [5.41, 5.74) is 0. The van der Waals surface area contributed by atoms with E-state index in [2.05, 4.69) is 27.7 Å². The third-order valence-corrected chi connectivity index (χ3v) is 5.56. The number of nitrogens with one attached hydrogen (secondary N) is 1. The van der Waals surface area contributed by atoms with E-state index in [4.69, 9.17) is 0 Å². The van der Waals surface area contributed by atoms with E-state index in [0.717, 1.165) is 25.9 Å². The van der Waals surface area contributed by atoms with Crippen molar-refractivity contribution in [2.45, 2.75) is 26.2 Å². The normalized spacial score (nSPS) is 23.0. The molecule has 0 aromatic carbocycles. The van der Waals surface area contributed by atoms with Gasteiger partial charge in [-0.15, -0.1) is 10.2 Å². The van der Waals surface area contributed by atoms with Crippen molar-refractivity contribution in [3.8, 4) is 0 Å². The minimum absolute atomic E-state index is 0.202. The van der Waals surface area contributed by atoms with E-state index in [0.29, 0.717) is 23.8 Å². The molecule has 8 heteroatoms. The molecule has 1 saturated heterocycles. The Bertz CT molecular complexity index is 528. The topological polar surface area (TPSA) is 89.8 Å². The Labute approximate surface area is 120 Å². The van der Waals surface area contributed by atoms with Crippen LogP contribution in [0.5, 0.6) is 0 Å². The first-order valence-corrected chi connectivity index (χ1v) is 8.96. The third-order valence-electron chi connectivity index (χ3n) is 3.76. The summed E-state index contributed by atoms with van der Waals surface area (Å²) in [6.45, 7) is 3.88. The Morgan fingerprint density at radius 2 is 2.30 bits per heavy atom. The Balaban J connectivity index is 2.00. The van der Waals surface area contributed by atoms with Crippen molar-refractivity contribution < 1.29 is 8.42 Å². The van der Waals surface area contributed by atoms with E-state index in [1.807, 2.05) is 0 Å². The van der Waals surface area contributed by atoms with Gasteiger partial charge in [-0.1, -0.05) is 6.92 Å². The number of nitrogens with zero attached hydrogens (tertiary/aromatic N) is 4. The zero-order valence-electron chi connectivity index (χ0n) is 12.1. The number of aromatic nitrogens is 4. The van der Waals surface area contributed by atoms with Gasteiger partial charge in [-0.25, -0.2) is 8.42 Å². The number of rotatable bonds is 7. The first-order chi connectivity index (χ1) is 9.50. The van der Waals surface area contributed by atoms with Crippen LogP contribution >= 0.6 is 0 Å². The molecule has 0 saturated carbocycles. The molecule has 2 atom stereocenters. The van der Waals surface area contributed by atoms with Crippen LogP contribution in [0.2, 0.25) is 0 Å². The maximum atomic E-state index is 11.7. The van der Waals surface area contributed by atoms with Crippen molar-refractivity contribution in [2.24, 2.45) is 18.9 Å². The largest absolute Gasteiger partial charge is 0.316 e. The Morgan fingerprint density at radius 3 is 2.85 bits per heavy atom. The highest BCUT2D eigenvalue weighted by atomic mass is 32.2. The molecule has 114 valence electrons. The minimum atomic E-state index is -2.85. The Kier molecular flexibility index (Phi) is 5.09. The van der Waals surface area contributed by atoms with Gasteiger partial charge in [-0.05, 0) is 43.0 Å². The van der Waals surface area contributed by atoms with Gasteiger partial charge in [0.25, 0.3) is 0 Å². The quantitative estimate of drug-likeness (QED) is 0.702. The molecule has 2 unspecified atom stereocenters. The van der Waals surface area contributed by atoms with Gasteiger partial charge in [-0.2, -0.15) is 4.80 Å². The molecule has 1 aromatic rings. The molecule has 20 heavy (non-hydrogen) atoms. The van der Waals surface area contributed by atoms with Gasteiger partial charge in [0.15, 0.2) is 15.7 Å². The van der Waals surface area contributed by atoms with E-state index < -0.39 is 9.84 Å². The average molecular weight is 301 g/mol. The van der Waals surface area contributed by atoms with Crippen LogP contribution in [0, 0.1) is 11.8 Å². The number of aryl methyl sites for hydroxylation is 1. The minimum Gasteiger partial charge on any atom is -0.316 e. The van der Waals surface area contributed by atoms with Crippen molar-refractivity contribution in [3.63, 3.8) is 0 Å². The molecule has 1 fully saturated rings. The third kappa shape index (κ3) is 4.24. The van der Waals surface area contributed by atoms with Crippen molar-refractivity contribution in [2.75, 3.05) is 24.6 Å². The highest BCUT2D eigenvalue weighted by Gasteiger charge is 2.34. The summed E-state index contributed by atoms with van der Waals surface area (Å²) in [7, 11) is -1.11. The number of tetrazole rings is 1. The fraction of sp³-hybridized carbons (Fsp3) is 0.917. The van der Waals surface area contributed by atoms with Gasteiger partial charge < -0.3 is 5.32 Å². The van der Waals surface area contributed by atoms with Crippen LogP contribution in [-0.4, -0.2) is 53.2 Å². The smallest absolute Gasteiger partial charge is 0.175 e. The molecule has 0 amide bonds. The van der Waals surface area contributed by atoms with Crippen LogP contribution < -0.4 is 5.32 Å². The molecule has 0 aliphatic carbocycles. The van der Waals surface area contributed by atoms with Crippen LogP contribution in [-0.2, 0) is 23.3 Å². The van der Waals surface area contributed by atoms with Crippen LogP contribution in [0.25, 0.3) is 0 Å². The molecule has 1 N–H and O–H groups in total. The highest BCUT2D eigenvalue weighted by molar-refractivity contribution is 7.91. The second-order valence-electron chi connectivity index (χ2n) is 5.53. The molecule has 2 rings (SSSR count). The molecule has 0 bridgehead atoms. The lowest BCUT2D eigenvalue weighted by Crippen LogP contribution is -2.31. The van der Waals surface area contributed by atoms with E-state index in [9.17, 15) is 8.42 Å². The van der Waals surface area contributed by atoms with Crippen molar-refractivity contribution in [1.82, 2.24) is 25.5 Å². The molecule has 1 aliphatic rings. The SMILES string of the molecule is CCCNCC(Cc1nnn(C)n1)C1CCS(=O)(=O)C1. The van der Waals surface area contributed by atoms with Gasteiger partial charge in [0.05, 0.1) is 18.6 Å². The summed E-state index contributed by atoms with van der Waals surface area (Å²) in [6, 6.07) is 0. The zero-order chi connectivity index (χ0) is 14.6. The summed E-state index contributed by atoms with van der Waals surface area (Å²) in [6.07, 6.45) is 2.50. The number of hydrogen-bond donors (Lipinski definition) is 1. The predicted octanol–water partition coefficient (Wildman–Crippen LogP) is -0.197. The second-order valence-corrected chi connectivity index (χ2v) is 7.76. The summed E-state index contributed by atoms with van der Waals surface area (Å²) >= 11 is 0. The zero-order valence-corrected chi connectivity index (χ0v) is 12.9. The molecule has 0 spiro atoms. The number of hydrogen-bond acceptors (Lipinski definition) is 6. The van der Waals surface area contributed by atoms with Crippen molar-refractivity contribution in [3.05, 3.63) is 5.82 Å². The monoisotopic (exact) mass is 301 g/mol. The Morgan fingerprint density at radius 1 is 1.50 bits per heavy atom. The van der Waals surface area contributed by atoms with E-state index >= 15 is 0 Å². The highest BCUT2D eigenvalue weighted by Crippen LogP contribution is 2.27. The Hall–Kier alpha value is -1.02. The van der Waals surface area contributed by atoms with Crippen LogP contribution in [0.4, 0.5) is 0 Å². The second kappa shape index (κ2) is 6.62. The lowest BCUT2D eigenvalue weighted by atomic mass is 9.88. The fourth-order valence-corrected chi connectivity index (χ4v) is 4.62. The summed E-state index contributed by atoms with van der Waals surface area (Å²) in [4.78, 5) is 1.44. The average Bonchev–Trinajstić information content (AvgIpc) is 2.94. The first-order valence-electron chi connectivity index (χ1n) is 7.14. The van der Waals surface area contributed by atoms with E-state index in [-0.39, 0.29) is 11.8 Å². The van der Waals surface area contributed by atoms with E-state index in [1.54, 1.807) is 7.05 Å². The lowest BCUT2D eigenvalue weighted by Gasteiger charge is -2.21. The van der Waals surface area contributed by atoms with Crippen LogP contribution in [0.1, 0.15) is 25.6 Å². The molecule has 2 heterocycles. The molecule has 0 radical (unpaired) electrons. The van der Waals surface area contributed by atoms with Gasteiger partial charge >= 0.3 is 0 Å². The van der Waals surface area contributed by atoms with Crippen LogP contribution in [0.15, 0.2) is 0 Å². The summed E-state index contributed by atoms with van der Waals surface area (Å²) < 4.78 is 23.3. The van der Waals surface area contributed by atoms with Gasteiger partial charge in [0.2, 0.25) is 0 Å². The maximum absolute atomic E-state index is 11.7. The van der Waals surface area contributed by atoms with E-state index in [1.165, 1.54) is 4.80 Å².